The molecule has 6 nitrogen and oxygen atoms in total. The van der Waals surface area contributed by atoms with Gasteiger partial charge in [-0.05, 0) is 42.4 Å². The second kappa shape index (κ2) is 10.4. The van der Waals surface area contributed by atoms with Crippen molar-refractivity contribution in [3.63, 3.8) is 0 Å². The molecule has 1 aliphatic rings. The number of thiazole rings is 1. The van der Waals surface area contributed by atoms with Crippen molar-refractivity contribution in [2.24, 2.45) is 5.41 Å². The number of ether oxygens (including phenoxy) is 1. The smallest absolute Gasteiger partial charge is 0.226 e. The molecule has 0 atom stereocenters. The van der Waals surface area contributed by atoms with Crippen LogP contribution in [-0.4, -0.2) is 30.5 Å². The molecule has 0 aliphatic heterocycles. The number of aromatic nitrogens is 1. The lowest BCUT2D eigenvalue weighted by Gasteiger charge is -2.36. The average molecular weight is 416 g/mol. The zero-order valence-electron chi connectivity index (χ0n) is 16.9. The van der Waals surface area contributed by atoms with E-state index in [0.717, 1.165) is 43.4 Å². The Kier molecular flexibility index (Phi) is 7.63. The summed E-state index contributed by atoms with van der Waals surface area (Å²) in [4.78, 5) is 29.3. The third-order valence-corrected chi connectivity index (χ3v) is 6.22. The Balaban J connectivity index is 1.51. The molecule has 1 aromatic heterocycles. The number of carbonyl (C=O) groups is 2. The van der Waals surface area contributed by atoms with Crippen molar-refractivity contribution < 1.29 is 14.3 Å². The second-order valence-electron chi connectivity index (χ2n) is 7.75. The minimum Gasteiger partial charge on any atom is -0.497 e. The SMILES string of the molecule is COc1cccc(CCNC(=O)CC2(CC(=O)Nc3nccs3)CCCCC2)c1. The van der Waals surface area contributed by atoms with E-state index in [1.165, 1.54) is 17.8 Å². The monoisotopic (exact) mass is 415 g/mol. The molecule has 0 radical (unpaired) electrons. The molecule has 2 amide bonds. The van der Waals surface area contributed by atoms with Crippen LogP contribution in [0.4, 0.5) is 5.13 Å². The van der Waals surface area contributed by atoms with E-state index in [2.05, 4.69) is 15.6 Å². The number of anilines is 1. The highest BCUT2D eigenvalue weighted by atomic mass is 32.1. The van der Waals surface area contributed by atoms with Gasteiger partial charge in [-0.15, -0.1) is 11.3 Å². The predicted molar refractivity (Wildman–Crippen MR) is 115 cm³/mol. The molecule has 0 saturated heterocycles. The van der Waals surface area contributed by atoms with Gasteiger partial charge < -0.3 is 15.4 Å². The summed E-state index contributed by atoms with van der Waals surface area (Å²) in [5.74, 6) is 0.795. The highest BCUT2D eigenvalue weighted by molar-refractivity contribution is 7.13. The number of nitrogens with one attached hydrogen (secondary N) is 2. The number of hydrogen-bond donors (Lipinski definition) is 2. The molecule has 0 bridgehead atoms. The van der Waals surface area contributed by atoms with Gasteiger partial charge in [-0.3, -0.25) is 9.59 Å². The molecular weight excluding hydrogens is 386 g/mol. The van der Waals surface area contributed by atoms with Gasteiger partial charge in [-0.1, -0.05) is 31.4 Å². The normalized spacial score (nSPS) is 15.5. The van der Waals surface area contributed by atoms with Crippen LogP contribution < -0.4 is 15.4 Å². The Bertz CT molecular complexity index is 801. The van der Waals surface area contributed by atoms with Crippen molar-refractivity contribution in [2.45, 2.75) is 51.4 Å². The largest absolute Gasteiger partial charge is 0.497 e. The maximum Gasteiger partial charge on any atom is 0.226 e. The summed E-state index contributed by atoms with van der Waals surface area (Å²) >= 11 is 1.41. The van der Waals surface area contributed by atoms with E-state index >= 15 is 0 Å². The van der Waals surface area contributed by atoms with E-state index in [9.17, 15) is 9.59 Å². The summed E-state index contributed by atoms with van der Waals surface area (Å²) in [7, 11) is 1.65. The fourth-order valence-corrected chi connectivity index (χ4v) is 4.63. The second-order valence-corrected chi connectivity index (χ2v) is 8.65. The summed E-state index contributed by atoms with van der Waals surface area (Å²) < 4.78 is 5.24. The van der Waals surface area contributed by atoms with Gasteiger partial charge in [-0.2, -0.15) is 0 Å². The van der Waals surface area contributed by atoms with Crippen molar-refractivity contribution in [2.75, 3.05) is 19.0 Å². The molecule has 156 valence electrons. The summed E-state index contributed by atoms with van der Waals surface area (Å²) in [5, 5.41) is 8.35. The first-order valence-electron chi connectivity index (χ1n) is 10.2. The average Bonchev–Trinajstić information content (AvgIpc) is 3.21. The number of methoxy groups -OCH3 is 1. The van der Waals surface area contributed by atoms with Crippen LogP contribution in [0.1, 0.15) is 50.5 Å². The maximum absolute atomic E-state index is 12.7. The number of nitrogens with zero attached hydrogens (tertiary/aromatic N) is 1. The number of amides is 2. The fraction of sp³-hybridized carbons (Fsp3) is 0.500. The van der Waals surface area contributed by atoms with Crippen molar-refractivity contribution in [3.05, 3.63) is 41.4 Å². The zero-order valence-corrected chi connectivity index (χ0v) is 17.7. The van der Waals surface area contributed by atoms with E-state index in [1.807, 2.05) is 29.6 Å². The molecule has 1 fully saturated rings. The van der Waals surface area contributed by atoms with Crippen LogP contribution in [0.25, 0.3) is 0 Å². The van der Waals surface area contributed by atoms with Crippen LogP contribution >= 0.6 is 11.3 Å². The Labute approximate surface area is 176 Å². The zero-order chi connectivity index (χ0) is 20.5. The van der Waals surface area contributed by atoms with Crippen molar-refractivity contribution >= 4 is 28.3 Å². The third kappa shape index (κ3) is 6.56. The summed E-state index contributed by atoms with van der Waals surface area (Å²) in [6.45, 7) is 0.577. The van der Waals surface area contributed by atoms with Crippen LogP contribution in [0.15, 0.2) is 35.8 Å². The van der Waals surface area contributed by atoms with Gasteiger partial charge in [0.25, 0.3) is 0 Å². The van der Waals surface area contributed by atoms with Crippen molar-refractivity contribution in [1.82, 2.24) is 10.3 Å². The van der Waals surface area contributed by atoms with Gasteiger partial charge in [0.2, 0.25) is 11.8 Å². The Morgan fingerprint density at radius 2 is 1.97 bits per heavy atom. The highest BCUT2D eigenvalue weighted by Gasteiger charge is 2.36. The van der Waals surface area contributed by atoms with Crippen molar-refractivity contribution in [1.29, 1.82) is 0 Å². The van der Waals surface area contributed by atoms with Gasteiger partial charge in [0, 0.05) is 31.0 Å². The van der Waals surface area contributed by atoms with Crippen LogP contribution in [0.3, 0.4) is 0 Å². The van der Waals surface area contributed by atoms with E-state index in [1.54, 1.807) is 13.3 Å². The Morgan fingerprint density at radius 1 is 1.17 bits per heavy atom. The van der Waals surface area contributed by atoms with E-state index < -0.39 is 0 Å². The van der Waals surface area contributed by atoms with Crippen molar-refractivity contribution in [3.8, 4) is 5.75 Å². The van der Waals surface area contributed by atoms with Crippen LogP contribution in [0, 0.1) is 5.41 Å². The molecule has 3 rings (SSSR count). The Hall–Kier alpha value is -2.41. The molecule has 29 heavy (non-hydrogen) atoms. The summed E-state index contributed by atoms with van der Waals surface area (Å²) in [6, 6.07) is 7.87. The lowest BCUT2D eigenvalue weighted by molar-refractivity contribution is -0.125. The molecule has 1 saturated carbocycles. The van der Waals surface area contributed by atoms with E-state index in [-0.39, 0.29) is 17.2 Å². The lowest BCUT2D eigenvalue weighted by atomic mass is 9.69. The maximum atomic E-state index is 12.7. The van der Waals surface area contributed by atoms with Gasteiger partial charge in [0.1, 0.15) is 5.75 Å². The van der Waals surface area contributed by atoms with Crippen LogP contribution in [0.5, 0.6) is 5.75 Å². The predicted octanol–water partition coefficient (Wildman–Crippen LogP) is 4.18. The first-order chi connectivity index (χ1) is 14.1. The van der Waals surface area contributed by atoms with Crippen LogP contribution in [0.2, 0.25) is 0 Å². The number of carbonyl (C=O) groups excluding carboxylic acids is 2. The van der Waals surface area contributed by atoms with Gasteiger partial charge in [-0.25, -0.2) is 4.98 Å². The summed E-state index contributed by atoms with van der Waals surface area (Å²) in [5.41, 5.74) is 0.875. The molecule has 7 heteroatoms. The molecule has 2 aromatic rings. The molecule has 0 unspecified atom stereocenters. The molecule has 2 N–H and O–H groups in total. The van der Waals surface area contributed by atoms with Gasteiger partial charge in [0.05, 0.1) is 7.11 Å². The topological polar surface area (TPSA) is 80.3 Å². The standard InChI is InChI=1S/C22H29N3O3S/c1-28-18-7-5-6-17(14-18)8-11-23-19(26)15-22(9-3-2-4-10-22)16-20(27)25-21-24-12-13-29-21/h5-7,12-14H,2-4,8-11,15-16H2,1H3,(H,23,26)(H,24,25,27). The quantitative estimate of drug-likeness (QED) is 0.644. The Morgan fingerprint density at radius 3 is 2.69 bits per heavy atom. The van der Waals surface area contributed by atoms with Crippen LogP contribution in [-0.2, 0) is 16.0 Å². The fourth-order valence-electron chi connectivity index (χ4n) is 4.08. The van der Waals surface area contributed by atoms with E-state index in [4.69, 9.17) is 4.74 Å². The molecule has 1 aliphatic carbocycles. The molecular formula is C22H29N3O3S. The first kappa shape index (κ1) is 21.3. The number of hydrogen-bond acceptors (Lipinski definition) is 5. The van der Waals surface area contributed by atoms with Gasteiger partial charge >= 0.3 is 0 Å². The lowest BCUT2D eigenvalue weighted by Crippen LogP contribution is -2.36. The van der Waals surface area contributed by atoms with Gasteiger partial charge in [0.15, 0.2) is 5.13 Å². The third-order valence-electron chi connectivity index (χ3n) is 5.53. The first-order valence-corrected chi connectivity index (χ1v) is 11.1. The molecule has 1 aromatic carbocycles. The molecule has 0 spiro atoms. The summed E-state index contributed by atoms with van der Waals surface area (Å²) in [6.07, 6.45) is 8.35. The number of benzene rings is 1. The molecule has 1 heterocycles. The highest BCUT2D eigenvalue weighted by Crippen LogP contribution is 2.42. The minimum atomic E-state index is -0.250. The minimum absolute atomic E-state index is 0.0249. The number of rotatable bonds is 9. The van der Waals surface area contributed by atoms with E-state index in [0.29, 0.717) is 24.5 Å².